The molecular formula is C22H14Cl4N4O. The standard InChI is InChI=1S/C22H14Cl4N4O/c1-12-3-2-4-13(9-12)21-28-20(22(31)27-19-8-5-14(23)10-18(19)26)29-30(21)15-6-7-16(24)17(25)11-15/h2-11H,1H3,(H,27,31). The predicted octanol–water partition coefficient (Wildman–Crippen LogP) is 7.11. The summed E-state index contributed by atoms with van der Waals surface area (Å²) in [7, 11) is 0. The van der Waals surface area contributed by atoms with Gasteiger partial charge in [0.1, 0.15) is 0 Å². The number of nitrogens with one attached hydrogen (secondary N) is 1. The van der Waals surface area contributed by atoms with E-state index in [2.05, 4.69) is 15.4 Å². The summed E-state index contributed by atoms with van der Waals surface area (Å²) in [4.78, 5) is 17.4. The zero-order valence-electron chi connectivity index (χ0n) is 16.0. The molecule has 4 aromatic rings. The third-order valence-corrected chi connectivity index (χ3v) is 5.70. The normalized spacial score (nSPS) is 10.9. The Kier molecular flexibility index (Phi) is 6.21. The van der Waals surface area contributed by atoms with Gasteiger partial charge in [-0.15, -0.1) is 5.10 Å². The van der Waals surface area contributed by atoms with Crippen LogP contribution in [-0.2, 0) is 0 Å². The lowest BCUT2D eigenvalue weighted by Crippen LogP contribution is -2.14. The maximum absolute atomic E-state index is 12.9. The number of hydrogen-bond acceptors (Lipinski definition) is 3. The fourth-order valence-electron chi connectivity index (χ4n) is 2.95. The van der Waals surface area contributed by atoms with Gasteiger partial charge in [-0.25, -0.2) is 9.67 Å². The monoisotopic (exact) mass is 490 g/mol. The second kappa shape index (κ2) is 8.89. The number of amides is 1. The summed E-state index contributed by atoms with van der Waals surface area (Å²) in [6.07, 6.45) is 0. The number of halogens is 4. The minimum absolute atomic E-state index is 0.0337. The van der Waals surface area contributed by atoms with Gasteiger partial charge in [-0.05, 0) is 49.4 Å². The minimum atomic E-state index is -0.517. The molecule has 5 nitrogen and oxygen atoms in total. The average molecular weight is 492 g/mol. The van der Waals surface area contributed by atoms with E-state index >= 15 is 0 Å². The highest BCUT2D eigenvalue weighted by Gasteiger charge is 2.20. The minimum Gasteiger partial charge on any atom is -0.318 e. The van der Waals surface area contributed by atoms with Gasteiger partial charge in [0.25, 0.3) is 5.91 Å². The van der Waals surface area contributed by atoms with Crippen LogP contribution in [0.25, 0.3) is 17.1 Å². The molecule has 31 heavy (non-hydrogen) atoms. The first kappa shape index (κ1) is 21.7. The number of carbonyl (C=O) groups excluding carboxylic acids is 1. The second-order valence-electron chi connectivity index (χ2n) is 6.72. The van der Waals surface area contributed by atoms with Crippen LogP contribution in [0.3, 0.4) is 0 Å². The lowest BCUT2D eigenvalue weighted by Gasteiger charge is -2.07. The van der Waals surface area contributed by atoms with Gasteiger partial charge in [-0.2, -0.15) is 0 Å². The Hall–Kier alpha value is -2.57. The number of carbonyl (C=O) groups is 1. The van der Waals surface area contributed by atoms with E-state index in [0.717, 1.165) is 11.1 Å². The van der Waals surface area contributed by atoms with Gasteiger partial charge in [0, 0.05) is 10.6 Å². The van der Waals surface area contributed by atoms with E-state index in [1.807, 2.05) is 31.2 Å². The summed E-state index contributed by atoms with van der Waals surface area (Å²) < 4.78 is 1.55. The van der Waals surface area contributed by atoms with Crippen molar-refractivity contribution in [2.75, 3.05) is 5.32 Å². The van der Waals surface area contributed by atoms with Crippen molar-refractivity contribution in [2.45, 2.75) is 6.92 Å². The largest absolute Gasteiger partial charge is 0.318 e. The Morgan fingerprint density at radius 3 is 2.42 bits per heavy atom. The Balaban J connectivity index is 1.78. The van der Waals surface area contributed by atoms with Crippen LogP contribution in [-0.4, -0.2) is 20.7 Å². The summed E-state index contributed by atoms with van der Waals surface area (Å²) >= 11 is 24.3. The number of nitrogens with zero attached hydrogens (tertiary/aromatic N) is 3. The molecule has 0 radical (unpaired) electrons. The molecule has 0 fully saturated rings. The molecular weight excluding hydrogens is 478 g/mol. The van der Waals surface area contributed by atoms with Gasteiger partial charge >= 0.3 is 0 Å². The molecule has 0 bridgehead atoms. The molecule has 0 aliphatic heterocycles. The first-order chi connectivity index (χ1) is 14.8. The fourth-order valence-corrected chi connectivity index (χ4v) is 3.69. The van der Waals surface area contributed by atoms with E-state index in [4.69, 9.17) is 46.4 Å². The van der Waals surface area contributed by atoms with Crippen LogP contribution < -0.4 is 5.32 Å². The number of anilines is 1. The van der Waals surface area contributed by atoms with Crippen LogP contribution in [0.2, 0.25) is 20.1 Å². The van der Waals surface area contributed by atoms with Gasteiger partial charge in [0.15, 0.2) is 5.82 Å². The van der Waals surface area contributed by atoms with Crippen molar-refractivity contribution in [2.24, 2.45) is 0 Å². The Labute approximate surface area is 198 Å². The molecule has 0 saturated carbocycles. The van der Waals surface area contributed by atoms with E-state index in [1.54, 1.807) is 41.1 Å². The highest BCUT2D eigenvalue weighted by atomic mass is 35.5. The average Bonchev–Trinajstić information content (AvgIpc) is 3.18. The molecule has 1 heterocycles. The number of hydrogen-bond donors (Lipinski definition) is 1. The number of rotatable bonds is 4. The molecule has 4 rings (SSSR count). The van der Waals surface area contributed by atoms with Crippen molar-refractivity contribution >= 4 is 58.0 Å². The summed E-state index contributed by atoms with van der Waals surface area (Å²) in [6.45, 7) is 1.97. The summed E-state index contributed by atoms with van der Waals surface area (Å²) in [5.74, 6) is -0.0695. The first-order valence-corrected chi connectivity index (χ1v) is 10.6. The van der Waals surface area contributed by atoms with Gasteiger partial charge in [-0.3, -0.25) is 4.79 Å². The molecule has 3 aromatic carbocycles. The van der Waals surface area contributed by atoms with Crippen molar-refractivity contribution in [1.82, 2.24) is 14.8 Å². The van der Waals surface area contributed by atoms with Gasteiger partial charge in [0.05, 0.1) is 26.4 Å². The first-order valence-electron chi connectivity index (χ1n) is 9.08. The van der Waals surface area contributed by atoms with Crippen LogP contribution in [0.4, 0.5) is 5.69 Å². The molecule has 0 spiro atoms. The molecule has 1 amide bonds. The van der Waals surface area contributed by atoms with E-state index in [-0.39, 0.29) is 5.82 Å². The molecule has 9 heteroatoms. The number of aromatic nitrogens is 3. The third kappa shape index (κ3) is 4.70. The van der Waals surface area contributed by atoms with E-state index in [0.29, 0.717) is 37.3 Å². The smallest absolute Gasteiger partial charge is 0.295 e. The molecule has 1 aromatic heterocycles. The maximum Gasteiger partial charge on any atom is 0.295 e. The summed E-state index contributed by atoms with van der Waals surface area (Å²) in [5, 5.41) is 8.69. The van der Waals surface area contributed by atoms with Crippen LogP contribution in [0.1, 0.15) is 16.2 Å². The Morgan fingerprint density at radius 2 is 1.71 bits per heavy atom. The molecule has 0 aliphatic carbocycles. The quantitative estimate of drug-likeness (QED) is 0.331. The SMILES string of the molecule is Cc1cccc(-c2nc(C(=O)Nc3ccc(Cl)cc3Cl)nn2-c2ccc(Cl)c(Cl)c2)c1. The number of benzene rings is 3. The van der Waals surface area contributed by atoms with Crippen molar-refractivity contribution in [3.63, 3.8) is 0 Å². The lowest BCUT2D eigenvalue weighted by atomic mass is 10.1. The van der Waals surface area contributed by atoms with Crippen molar-refractivity contribution in [3.05, 3.63) is 92.1 Å². The molecule has 0 atom stereocenters. The van der Waals surface area contributed by atoms with Gasteiger partial charge < -0.3 is 5.32 Å². The third-order valence-electron chi connectivity index (χ3n) is 4.41. The molecule has 0 saturated heterocycles. The molecule has 0 unspecified atom stereocenters. The van der Waals surface area contributed by atoms with Crippen LogP contribution in [0.5, 0.6) is 0 Å². The highest BCUT2D eigenvalue weighted by Crippen LogP contribution is 2.29. The fraction of sp³-hybridized carbons (Fsp3) is 0.0455. The topological polar surface area (TPSA) is 59.8 Å². The molecule has 1 N–H and O–H groups in total. The van der Waals surface area contributed by atoms with Crippen LogP contribution >= 0.6 is 46.4 Å². The maximum atomic E-state index is 12.9. The van der Waals surface area contributed by atoms with Crippen LogP contribution in [0.15, 0.2) is 60.7 Å². The molecule has 156 valence electrons. The summed E-state index contributed by atoms with van der Waals surface area (Å²) in [5.41, 5.74) is 2.85. The molecule has 0 aliphatic rings. The van der Waals surface area contributed by atoms with E-state index in [9.17, 15) is 4.79 Å². The van der Waals surface area contributed by atoms with E-state index < -0.39 is 5.91 Å². The Morgan fingerprint density at radius 1 is 0.903 bits per heavy atom. The van der Waals surface area contributed by atoms with Gasteiger partial charge in [-0.1, -0.05) is 70.2 Å². The van der Waals surface area contributed by atoms with Crippen LogP contribution in [0, 0.1) is 6.92 Å². The Bertz CT molecular complexity index is 1300. The highest BCUT2D eigenvalue weighted by molar-refractivity contribution is 6.42. The zero-order valence-corrected chi connectivity index (χ0v) is 19.1. The predicted molar refractivity (Wildman–Crippen MR) is 126 cm³/mol. The number of aryl methyl sites for hydroxylation is 1. The van der Waals surface area contributed by atoms with Gasteiger partial charge in [0.2, 0.25) is 5.82 Å². The lowest BCUT2D eigenvalue weighted by molar-refractivity contribution is 0.101. The van der Waals surface area contributed by atoms with E-state index in [1.165, 1.54) is 0 Å². The van der Waals surface area contributed by atoms with Crippen molar-refractivity contribution in [1.29, 1.82) is 0 Å². The van der Waals surface area contributed by atoms with Crippen molar-refractivity contribution < 1.29 is 4.79 Å². The second-order valence-corrected chi connectivity index (χ2v) is 8.38. The zero-order chi connectivity index (χ0) is 22.1. The summed E-state index contributed by atoms with van der Waals surface area (Å²) in [6, 6.07) is 17.6. The van der Waals surface area contributed by atoms with Crippen molar-refractivity contribution in [3.8, 4) is 17.1 Å².